The second kappa shape index (κ2) is 6.72. The second-order valence-corrected chi connectivity index (χ2v) is 6.28. The minimum absolute atomic E-state index is 0.0206. The minimum Gasteiger partial charge on any atom is -0.393 e. The lowest BCUT2D eigenvalue weighted by Gasteiger charge is -2.38. The van der Waals surface area contributed by atoms with Crippen molar-refractivity contribution in [2.75, 3.05) is 33.7 Å². The van der Waals surface area contributed by atoms with Crippen molar-refractivity contribution in [1.29, 1.82) is 0 Å². The Bertz CT molecular complexity index is 208. The van der Waals surface area contributed by atoms with Crippen LogP contribution in [0.25, 0.3) is 0 Å². The number of nitrogens with zero attached hydrogens (tertiary/aromatic N) is 1. The molecule has 2 N–H and O–H groups in total. The fourth-order valence-corrected chi connectivity index (χ4v) is 3.26. The number of nitrogens with one attached hydrogen (secondary N) is 1. The summed E-state index contributed by atoms with van der Waals surface area (Å²) < 4.78 is 0. The van der Waals surface area contributed by atoms with Crippen LogP contribution in [0.5, 0.6) is 0 Å². The van der Waals surface area contributed by atoms with E-state index in [1.165, 1.54) is 12.8 Å². The average Bonchev–Trinajstić information content (AvgIpc) is 2.15. The monoisotopic (exact) mass is 242 g/mol. The molecule has 1 unspecified atom stereocenters. The molecule has 3 nitrogen and oxygen atoms in total. The largest absolute Gasteiger partial charge is 0.393 e. The van der Waals surface area contributed by atoms with Crippen LogP contribution in [0, 0.1) is 11.3 Å². The van der Waals surface area contributed by atoms with E-state index >= 15 is 0 Å². The highest BCUT2D eigenvalue weighted by Gasteiger charge is 2.30. The molecule has 0 spiro atoms. The molecular weight excluding hydrogens is 212 g/mol. The van der Waals surface area contributed by atoms with Gasteiger partial charge in [0.15, 0.2) is 0 Å². The zero-order valence-corrected chi connectivity index (χ0v) is 12.0. The van der Waals surface area contributed by atoms with Crippen molar-refractivity contribution in [3.05, 3.63) is 0 Å². The van der Waals surface area contributed by atoms with Crippen LogP contribution in [0.2, 0.25) is 0 Å². The van der Waals surface area contributed by atoms with Crippen LogP contribution in [0.1, 0.15) is 39.5 Å². The zero-order chi connectivity index (χ0) is 12.9. The molecule has 0 aromatic carbocycles. The Labute approximate surface area is 107 Å². The predicted molar refractivity (Wildman–Crippen MR) is 73.2 cm³/mol. The van der Waals surface area contributed by atoms with Crippen molar-refractivity contribution in [3.8, 4) is 0 Å². The molecule has 0 amide bonds. The van der Waals surface area contributed by atoms with E-state index < -0.39 is 0 Å². The van der Waals surface area contributed by atoms with Gasteiger partial charge in [0, 0.05) is 19.6 Å². The molecule has 1 fully saturated rings. The van der Waals surface area contributed by atoms with Gasteiger partial charge in [0.1, 0.15) is 0 Å². The lowest BCUT2D eigenvalue weighted by atomic mass is 9.81. The Hall–Kier alpha value is -0.120. The van der Waals surface area contributed by atoms with Crippen LogP contribution >= 0.6 is 0 Å². The summed E-state index contributed by atoms with van der Waals surface area (Å²) in [5.74, 6) is 0.718. The minimum atomic E-state index is -0.0206. The molecule has 0 aromatic heterocycles. The SMILES string of the molecule is CCCC(C)(CNC)CN(C)CC1CC(O)C1. The van der Waals surface area contributed by atoms with Crippen molar-refractivity contribution >= 4 is 0 Å². The molecule has 0 saturated heterocycles. The van der Waals surface area contributed by atoms with Gasteiger partial charge in [-0.05, 0) is 44.7 Å². The van der Waals surface area contributed by atoms with Crippen molar-refractivity contribution in [2.24, 2.45) is 11.3 Å². The summed E-state index contributed by atoms with van der Waals surface area (Å²) in [4.78, 5) is 2.45. The quantitative estimate of drug-likeness (QED) is 0.680. The molecule has 0 bridgehead atoms. The second-order valence-electron chi connectivity index (χ2n) is 6.28. The van der Waals surface area contributed by atoms with Crippen LogP contribution in [0.3, 0.4) is 0 Å². The Morgan fingerprint density at radius 1 is 1.41 bits per heavy atom. The maximum atomic E-state index is 9.30. The van der Waals surface area contributed by atoms with E-state index in [0.717, 1.165) is 38.4 Å². The van der Waals surface area contributed by atoms with Gasteiger partial charge in [-0.2, -0.15) is 0 Å². The van der Waals surface area contributed by atoms with Gasteiger partial charge in [-0.25, -0.2) is 0 Å². The topological polar surface area (TPSA) is 35.5 Å². The zero-order valence-electron chi connectivity index (χ0n) is 12.0. The normalized spacial score (nSPS) is 27.9. The van der Waals surface area contributed by atoms with Crippen LogP contribution in [-0.4, -0.2) is 49.8 Å². The van der Waals surface area contributed by atoms with Gasteiger partial charge in [0.25, 0.3) is 0 Å². The third-order valence-corrected chi connectivity index (χ3v) is 3.89. The summed E-state index contributed by atoms with van der Waals surface area (Å²) in [5.41, 5.74) is 0.376. The number of aliphatic hydroxyl groups is 1. The van der Waals surface area contributed by atoms with Crippen LogP contribution < -0.4 is 5.32 Å². The van der Waals surface area contributed by atoms with Crippen LogP contribution in [0.4, 0.5) is 0 Å². The molecule has 1 aliphatic rings. The first-order chi connectivity index (χ1) is 7.99. The highest BCUT2D eigenvalue weighted by Crippen LogP contribution is 2.29. The molecule has 1 rings (SSSR count). The number of hydrogen-bond donors (Lipinski definition) is 2. The van der Waals surface area contributed by atoms with Gasteiger partial charge >= 0.3 is 0 Å². The number of hydrogen-bond acceptors (Lipinski definition) is 3. The van der Waals surface area contributed by atoms with Crippen molar-refractivity contribution < 1.29 is 5.11 Å². The van der Waals surface area contributed by atoms with Gasteiger partial charge in [0.05, 0.1) is 6.10 Å². The van der Waals surface area contributed by atoms with Crippen molar-refractivity contribution in [2.45, 2.75) is 45.6 Å². The van der Waals surface area contributed by atoms with Gasteiger partial charge in [0.2, 0.25) is 0 Å². The maximum absolute atomic E-state index is 9.30. The molecule has 1 saturated carbocycles. The molecule has 3 heteroatoms. The Balaban J connectivity index is 2.32. The van der Waals surface area contributed by atoms with Crippen LogP contribution in [-0.2, 0) is 0 Å². The Morgan fingerprint density at radius 2 is 2.06 bits per heavy atom. The first-order valence-electron chi connectivity index (χ1n) is 7.00. The summed E-state index contributed by atoms with van der Waals surface area (Å²) >= 11 is 0. The Morgan fingerprint density at radius 3 is 2.53 bits per heavy atom. The summed E-state index contributed by atoms with van der Waals surface area (Å²) in [6.07, 6.45) is 4.49. The van der Waals surface area contributed by atoms with Crippen molar-refractivity contribution in [1.82, 2.24) is 10.2 Å². The lowest BCUT2D eigenvalue weighted by molar-refractivity contribution is 0.0221. The van der Waals surface area contributed by atoms with Gasteiger partial charge in [-0.15, -0.1) is 0 Å². The van der Waals surface area contributed by atoms with E-state index in [-0.39, 0.29) is 6.10 Å². The summed E-state index contributed by atoms with van der Waals surface area (Å²) in [5, 5.41) is 12.6. The molecule has 1 aliphatic carbocycles. The smallest absolute Gasteiger partial charge is 0.0546 e. The van der Waals surface area contributed by atoms with Crippen LogP contribution in [0.15, 0.2) is 0 Å². The Kier molecular flexibility index (Phi) is 5.90. The first-order valence-corrected chi connectivity index (χ1v) is 7.00. The van der Waals surface area contributed by atoms with E-state index in [1.54, 1.807) is 0 Å². The third kappa shape index (κ3) is 4.94. The highest BCUT2D eigenvalue weighted by atomic mass is 16.3. The fraction of sp³-hybridized carbons (Fsp3) is 1.00. The fourth-order valence-electron chi connectivity index (χ4n) is 3.26. The van der Waals surface area contributed by atoms with Gasteiger partial charge < -0.3 is 15.3 Å². The van der Waals surface area contributed by atoms with E-state index in [4.69, 9.17) is 0 Å². The van der Waals surface area contributed by atoms with E-state index in [0.29, 0.717) is 5.41 Å². The van der Waals surface area contributed by atoms with E-state index in [1.807, 2.05) is 7.05 Å². The molecule has 1 atom stereocenters. The predicted octanol–water partition coefficient (Wildman–Crippen LogP) is 1.71. The highest BCUT2D eigenvalue weighted by molar-refractivity contribution is 4.84. The molecule has 17 heavy (non-hydrogen) atoms. The summed E-state index contributed by atoms with van der Waals surface area (Å²) in [6, 6.07) is 0. The molecule has 0 aromatic rings. The molecule has 102 valence electrons. The average molecular weight is 242 g/mol. The molecule has 0 radical (unpaired) electrons. The number of aliphatic hydroxyl groups excluding tert-OH is 1. The molecular formula is C14H30N2O. The van der Waals surface area contributed by atoms with E-state index in [2.05, 4.69) is 31.1 Å². The third-order valence-electron chi connectivity index (χ3n) is 3.89. The standard InChI is InChI=1S/C14H30N2O/c1-5-6-14(2,10-15-3)11-16(4)9-12-7-13(17)8-12/h12-13,15,17H,5-11H2,1-4H3. The lowest BCUT2D eigenvalue weighted by Crippen LogP contribution is -2.44. The van der Waals surface area contributed by atoms with Gasteiger partial charge in [-0.1, -0.05) is 20.3 Å². The molecule has 0 aliphatic heterocycles. The maximum Gasteiger partial charge on any atom is 0.0546 e. The summed E-state index contributed by atoms with van der Waals surface area (Å²) in [6.45, 7) is 8.00. The van der Waals surface area contributed by atoms with Gasteiger partial charge in [-0.3, -0.25) is 0 Å². The summed E-state index contributed by atoms with van der Waals surface area (Å²) in [7, 11) is 4.25. The van der Waals surface area contributed by atoms with E-state index in [9.17, 15) is 5.11 Å². The first kappa shape index (κ1) is 14.9. The van der Waals surface area contributed by atoms with Crippen molar-refractivity contribution in [3.63, 3.8) is 0 Å². The molecule has 0 heterocycles. The number of rotatable bonds is 8.